The number of pyridine rings is 1. The van der Waals surface area contributed by atoms with Gasteiger partial charge in [-0.1, -0.05) is 18.3 Å². The van der Waals surface area contributed by atoms with E-state index in [0.29, 0.717) is 24.5 Å². The smallest absolute Gasteiger partial charge is 0.289 e. The molecule has 0 unspecified atom stereocenters. The van der Waals surface area contributed by atoms with Crippen molar-refractivity contribution >= 4 is 34.7 Å². The molecule has 2 heterocycles. The van der Waals surface area contributed by atoms with E-state index in [4.69, 9.17) is 34.0 Å². The largest absolute Gasteiger partial charge is 0.440 e. The molecule has 0 saturated heterocycles. The maximum Gasteiger partial charge on any atom is 0.289 e. The van der Waals surface area contributed by atoms with Crippen LogP contribution in [0, 0.1) is 0 Å². The standard InChI is InChI=1S/C14H14ClN3O2S/c15-12-4-3-11(20-12)14(19)18(7-5-13(16)21)9-10-2-1-6-17-8-10/h1-4,6,8H,5,7,9H2,(H2,16,21). The van der Waals surface area contributed by atoms with Crippen molar-refractivity contribution < 1.29 is 9.21 Å². The minimum absolute atomic E-state index is 0.175. The van der Waals surface area contributed by atoms with Crippen molar-refractivity contribution in [3.8, 4) is 0 Å². The number of furan rings is 1. The summed E-state index contributed by atoms with van der Waals surface area (Å²) >= 11 is 10.6. The number of carbonyl (C=O) groups is 1. The lowest BCUT2D eigenvalue weighted by atomic mass is 10.2. The summed E-state index contributed by atoms with van der Waals surface area (Å²) in [6.45, 7) is 0.801. The van der Waals surface area contributed by atoms with Crippen molar-refractivity contribution in [2.75, 3.05) is 6.54 Å². The number of aromatic nitrogens is 1. The first-order valence-corrected chi connectivity index (χ1v) is 7.06. The highest BCUT2D eigenvalue weighted by atomic mass is 35.5. The van der Waals surface area contributed by atoms with Gasteiger partial charge in [-0.3, -0.25) is 9.78 Å². The Morgan fingerprint density at radius 1 is 1.43 bits per heavy atom. The van der Waals surface area contributed by atoms with Crippen LogP contribution in [0.3, 0.4) is 0 Å². The molecule has 0 atom stereocenters. The maximum absolute atomic E-state index is 12.4. The average molecular weight is 324 g/mol. The number of amides is 1. The van der Waals surface area contributed by atoms with E-state index in [-0.39, 0.29) is 16.9 Å². The van der Waals surface area contributed by atoms with Crippen LogP contribution in [0.2, 0.25) is 5.22 Å². The molecule has 5 nitrogen and oxygen atoms in total. The molecule has 0 aromatic carbocycles. The zero-order chi connectivity index (χ0) is 15.2. The first kappa shape index (κ1) is 15.5. The summed E-state index contributed by atoms with van der Waals surface area (Å²) in [5, 5.41) is 0.175. The zero-order valence-electron chi connectivity index (χ0n) is 11.2. The zero-order valence-corrected chi connectivity index (χ0v) is 12.7. The summed E-state index contributed by atoms with van der Waals surface area (Å²) in [5.74, 6) is -0.0752. The van der Waals surface area contributed by atoms with Crippen molar-refractivity contribution in [1.29, 1.82) is 0 Å². The van der Waals surface area contributed by atoms with Gasteiger partial charge in [-0.2, -0.15) is 0 Å². The molecule has 1 amide bonds. The minimum atomic E-state index is -0.262. The van der Waals surface area contributed by atoms with Crippen molar-refractivity contribution in [2.45, 2.75) is 13.0 Å². The lowest BCUT2D eigenvalue weighted by Gasteiger charge is -2.21. The molecule has 0 saturated carbocycles. The van der Waals surface area contributed by atoms with Crippen molar-refractivity contribution in [2.24, 2.45) is 5.73 Å². The highest BCUT2D eigenvalue weighted by Crippen LogP contribution is 2.16. The van der Waals surface area contributed by atoms with Gasteiger partial charge in [0.2, 0.25) is 0 Å². The van der Waals surface area contributed by atoms with Gasteiger partial charge in [0.1, 0.15) is 0 Å². The molecule has 0 aliphatic rings. The predicted molar refractivity (Wildman–Crippen MR) is 84.1 cm³/mol. The van der Waals surface area contributed by atoms with Crippen molar-refractivity contribution in [1.82, 2.24) is 9.88 Å². The van der Waals surface area contributed by atoms with Crippen LogP contribution in [0.5, 0.6) is 0 Å². The van der Waals surface area contributed by atoms with Gasteiger partial charge in [-0.15, -0.1) is 0 Å². The topological polar surface area (TPSA) is 72.4 Å². The molecule has 0 radical (unpaired) electrons. The van der Waals surface area contributed by atoms with Crippen LogP contribution >= 0.6 is 23.8 Å². The first-order chi connectivity index (χ1) is 10.1. The molecular weight excluding hydrogens is 310 g/mol. The van der Waals surface area contributed by atoms with Gasteiger partial charge in [-0.05, 0) is 35.4 Å². The molecule has 2 rings (SSSR count). The molecule has 110 valence electrons. The third-order valence-corrected chi connectivity index (χ3v) is 3.20. The van der Waals surface area contributed by atoms with Gasteiger partial charge in [0.05, 0.1) is 4.99 Å². The fraction of sp³-hybridized carbons (Fsp3) is 0.214. The molecule has 0 aliphatic heterocycles. The minimum Gasteiger partial charge on any atom is -0.440 e. The molecule has 2 aromatic rings. The number of thiocarbonyl (C=S) groups is 1. The number of nitrogens with zero attached hydrogens (tertiary/aromatic N) is 2. The first-order valence-electron chi connectivity index (χ1n) is 6.28. The van der Waals surface area contributed by atoms with E-state index < -0.39 is 0 Å². The van der Waals surface area contributed by atoms with Gasteiger partial charge in [0, 0.05) is 31.9 Å². The van der Waals surface area contributed by atoms with Gasteiger partial charge >= 0.3 is 0 Å². The van der Waals surface area contributed by atoms with Crippen LogP contribution in [-0.4, -0.2) is 27.3 Å². The highest BCUT2D eigenvalue weighted by Gasteiger charge is 2.19. The van der Waals surface area contributed by atoms with E-state index in [1.165, 1.54) is 6.07 Å². The van der Waals surface area contributed by atoms with E-state index in [2.05, 4.69) is 4.98 Å². The van der Waals surface area contributed by atoms with Crippen LogP contribution in [0.15, 0.2) is 41.1 Å². The fourth-order valence-electron chi connectivity index (χ4n) is 1.79. The molecule has 21 heavy (non-hydrogen) atoms. The molecule has 0 spiro atoms. The summed E-state index contributed by atoms with van der Waals surface area (Å²) in [7, 11) is 0. The van der Waals surface area contributed by atoms with Gasteiger partial charge in [0.25, 0.3) is 5.91 Å². The SMILES string of the molecule is NC(=S)CCN(Cc1cccnc1)C(=O)c1ccc(Cl)o1. The third kappa shape index (κ3) is 4.54. The van der Waals surface area contributed by atoms with E-state index >= 15 is 0 Å². The Labute approximate surface area is 132 Å². The van der Waals surface area contributed by atoms with Crippen LogP contribution in [0.4, 0.5) is 0 Å². The normalized spacial score (nSPS) is 10.3. The Bertz CT molecular complexity index is 630. The summed E-state index contributed by atoms with van der Waals surface area (Å²) in [4.78, 5) is 18.4. The van der Waals surface area contributed by atoms with Crippen LogP contribution in [0.25, 0.3) is 0 Å². The second-order valence-electron chi connectivity index (χ2n) is 4.41. The van der Waals surface area contributed by atoms with E-state index in [9.17, 15) is 4.79 Å². The number of nitrogens with two attached hydrogens (primary N) is 1. The van der Waals surface area contributed by atoms with E-state index in [1.807, 2.05) is 12.1 Å². The Morgan fingerprint density at radius 2 is 2.24 bits per heavy atom. The lowest BCUT2D eigenvalue weighted by molar-refractivity contribution is 0.0716. The van der Waals surface area contributed by atoms with Gasteiger partial charge in [-0.25, -0.2) is 0 Å². The molecule has 7 heteroatoms. The van der Waals surface area contributed by atoms with Gasteiger partial charge in [0.15, 0.2) is 11.0 Å². The Kier molecular flexibility index (Phi) is 5.30. The van der Waals surface area contributed by atoms with E-state index in [1.54, 1.807) is 23.4 Å². The second kappa shape index (κ2) is 7.19. The number of hydrogen-bond donors (Lipinski definition) is 1. The predicted octanol–water partition coefficient (Wildman–Crippen LogP) is 2.65. The van der Waals surface area contributed by atoms with Crippen LogP contribution in [0.1, 0.15) is 22.5 Å². The Morgan fingerprint density at radius 3 is 2.81 bits per heavy atom. The third-order valence-electron chi connectivity index (χ3n) is 2.80. The highest BCUT2D eigenvalue weighted by molar-refractivity contribution is 7.80. The fourth-order valence-corrected chi connectivity index (χ4v) is 2.03. The Hall–Kier alpha value is -1.92. The van der Waals surface area contributed by atoms with Crippen molar-refractivity contribution in [3.05, 3.63) is 53.2 Å². The van der Waals surface area contributed by atoms with E-state index in [0.717, 1.165) is 5.56 Å². The summed E-state index contributed by atoms with van der Waals surface area (Å²) in [6.07, 6.45) is 3.82. The van der Waals surface area contributed by atoms with Crippen molar-refractivity contribution in [3.63, 3.8) is 0 Å². The monoisotopic (exact) mass is 323 g/mol. The number of carbonyl (C=O) groups excluding carboxylic acids is 1. The molecular formula is C14H14ClN3O2S. The summed E-state index contributed by atoms with van der Waals surface area (Å²) in [6, 6.07) is 6.78. The number of rotatable bonds is 6. The average Bonchev–Trinajstić information content (AvgIpc) is 2.90. The molecule has 0 aliphatic carbocycles. The summed E-state index contributed by atoms with van der Waals surface area (Å²) < 4.78 is 5.17. The number of hydrogen-bond acceptors (Lipinski definition) is 4. The molecule has 0 bridgehead atoms. The Balaban J connectivity index is 2.14. The lowest BCUT2D eigenvalue weighted by Crippen LogP contribution is -2.33. The second-order valence-corrected chi connectivity index (χ2v) is 5.30. The molecule has 2 aromatic heterocycles. The molecule has 0 fully saturated rings. The van der Waals surface area contributed by atoms with Gasteiger partial charge < -0.3 is 15.1 Å². The van der Waals surface area contributed by atoms with Crippen LogP contribution in [-0.2, 0) is 6.54 Å². The summed E-state index contributed by atoms with van der Waals surface area (Å²) in [5.41, 5.74) is 6.42. The molecule has 2 N–H and O–H groups in total. The number of halogens is 1. The maximum atomic E-state index is 12.4. The quantitative estimate of drug-likeness (QED) is 0.827. The van der Waals surface area contributed by atoms with Crippen LogP contribution < -0.4 is 5.73 Å².